The molecule has 28 heavy (non-hydrogen) atoms. The molecule has 0 aliphatic heterocycles. The molecule has 8 heteroatoms. The summed E-state index contributed by atoms with van der Waals surface area (Å²) in [5.41, 5.74) is 0.757. The second-order valence-electron chi connectivity index (χ2n) is 6.88. The summed E-state index contributed by atoms with van der Waals surface area (Å²) in [5.74, 6) is -3.04. The topological polar surface area (TPSA) is 106 Å². The zero-order valence-corrected chi connectivity index (χ0v) is 15.9. The van der Waals surface area contributed by atoms with Gasteiger partial charge in [0, 0.05) is 10.9 Å². The van der Waals surface area contributed by atoms with Crippen LogP contribution in [0.3, 0.4) is 0 Å². The maximum Gasteiger partial charge on any atom is 0.341 e. The number of furan rings is 1. The Morgan fingerprint density at radius 2 is 2.04 bits per heavy atom. The molecule has 1 amide bonds. The molecule has 4 rings (SSSR count). The maximum absolute atomic E-state index is 13.0. The van der Waals surface area contributed by atoms with Crippen LogP contribution in [0.5, 0.6) is 0 Å². The molecule has 0 radical (unpaired) electrons. The van der Waals surface area contributed by atoms with Gasteiger partial charge in [-0.15, -0.1) is 11.3 Å². The van der Waals surface area contributed by atoms with Gasteiger partial charge in [-0.2, -0.15) is 0 Å². The molecule has 0 unspecified atom stereocenters. The molecule has 2 aromatic rings. The Morgan fingerprint density at radius 3 is 2.68 bits per heavy atom. The van der Waals surface area contributed by atoms with Gasteiger partial charge in [-0.05, 0) is 37.3 Å². The van der Waals surface area contributed by atoms with Crippen molar-refractivity contribution in [1.29, 1.82) is 0 Å². The molecule has 0 aromatic carbocycles. The van der Waals surface area contributed by atoms with E-state index in [2.05, 4.69) is 5.32 Å². The molecule has 0 spiro atoms. The first kappa shape index (κ1) is 18.5. The predicted octanol–water partition coefficient (Wildman–Crippen LogP) is 3.65. The van der Waals surface area contributed by atoms with Gasteiger partial charge in [0.05, 0.1) is 24.7 Å². The number of thiophene rings is 1. The molecule has 1 saturated carbocycles. The number of carboxylic acid groups (broad SMARTS) is 1. The summed E-state index contributed by atoms with van der Waals surface area (Å²) in [7, 11) is 0. The first-order valence-corrected chi connectivity index (χ1v) is 9.93. The van der Waals surface area contributed by atoms with Crippen LogP contribution in [-0.4, -0.2) is 29.6 Å². The van der Waals surface area contributed by atoms with E-state index in [1.807, 2.05) is 12.2 Å². The Labute approximate surface area is 165 Å². The van der Waals surface area contributed by atoms with Gasteiger partial charge in [0.15, 0.2) is 0 Å². The lowest BCUT2D eigenvalue weighted by atomic mass is 9.82. The van der Waals surface area contributed by atoms with E-state index in [9.17, 15) is 19.5 Å². The van der Waals surface area contributed by atoms with E-state index in [1.54, 1.807) is 24.4 Å². The molecule has 2 aromatic heterocycles. The molecule has 2 N–H and O–H groups in total. The number of allylic oxidation sites excluding steroid dienone is 2. The largest absolute Gasteiger partial charge is 0.481 e. The summed E-state index contributed by atoms with van der Waals surface area (Å²) < 4.78 is 10.5. The minimum atomic E-state index is -0.968. The number of hydrogen-bond acceptors (Lipinski definition) is 6. The number of anilines is 1. The van der Waals surface area contributed by atoms with Gasteiger partial charge in [0.1, 0.15) is 16.3 Å². The van der Waals surface area contributed by atoms with Crippen LogP contribution in [-0.2, 0) is 14.3 Å². The van der Waals surface area contributed by atoms with Gasteiger partial charge in [-0.3, -0.25) is 9.59 Å². The lowest BCUT2D eigenvalue weighted by Crippen LogP contribution is -2.36. The van der Waals surface area contributed by atoms with Crippen LogP contribution in [0.4, 0.5) is 5.00 Å². The van der Waals surface area contributed by atoms with E-state index < -0.39 is 23.8 Å². The average molecular weight is 401 g/mol. The Morgan fingerprint density at radius 1 is 1.29 bits per heavy atom. The fourth-order valence-corrected chi connectivity index (χ4v) is 5.12. The van der Waals surface area contributed by atoms with E-state index in [0.717, 1.165) is 0 Å². The van der Waals surface area contributed by atoms with Crippen molar-refractivity contribution in [3.63, 3.8) is 0 Å². The van der Waals surface area contributed by atoms with E-state index in [4.69, 9.17) is 9.15 Å². The molecule has 0 saturated heterocycles. The number of carbonyl (C=O) groups is 3. The molecule has 4 atom stereocenters. The first-order chi connectivity index (χ1) is 13.5. The van der Waals surface area contributed by atoms with Crippen LogP contribution >= 0.6 is 11.3 Å². The second-order valence-corrected chi connectivity index (χ2v) is 7.76. The number of esters is 1. The van der Waals surface area contributed by atoms with E-state index in [1.165, 1.54) is 17.6 Å². The number of carbonyl (C=O) groups excluding carboxylic acids is 2. The molecule has 2 aliphatic carbocycles. The molecule has 2 heterocycles. The highest BCUT2D eigenvalue weighted by atomic mass is 32.1. The van der Waals surface area contributed by atoms with Gasteiger partial charge in [-0.25, -0.2) is 4.79 Å². The average Bonchev–Trinajstić information content (AvgIpc) is 3.43. The summed E-state index contributed by atoms with van der Waals surface area (Å²) >= 11 is 1.19. The van der Waals surface area contributed by atoms with Gasteiger partial charge >= 0.3 is 11.9 Å². The number of hydrogen-bond donors (Lipinski definition) is 2. The molecule has 1 fully saturated rings. The third-order valence-corrected chi connectivity index (χ3v) is 6.24. The molecular weight excluding hydrogens is 382 g/mol. The van der Waals surface area contributed by atoms with Crippen LogP contribution < -0.4 is 5.32 Å². The number of rotatable bonds is 6. The van der Waals surface area contributed by atoms with Crippen LogP contribution in [0.2, 0.25) is 0 Å². The summed E-state index contributed by atoms with van der Waals surface area (Å²) in [6.45, 7) is 1.89. The summed E-state index contributed by atoms with van der Waals surface area (Å²) in [5, 5.41) is 14.4. The van der Waals surface area contributed by atoms with E-state index in [0.29, 0.717) is 22.7 Å². The third-order valence-electron chi connectivity index (χ3n) is 5.34. The number of fused-ring (bicyclic) bond motifs is 2. The number of amides is 1. The maximum atomic E-state index is 13.0. The number of carboxylic acids is 1. The molecule has 7 nitrogen and oxygen atoms in total. The predicted molar refractivity (Wildman–Crippen MR) is 102 cm³/mol. The lowest BCUT2D eigenvalue weighted by molar-refractivity contribution is -0.146. The Hall–Kier alpha value is -2.87. The van der Waals surface area contributed by atoms with E-state index >= 15 is 0 Å². The van der Waals surface area contributed by atoms with Crippen molar-refractivity contribution in [2.24, 2.45) is 23.7 Å². The quantitative estimate of drug-likeness (QED) is 0.565. The van der Waals surface area contributed by atoms with Crippen molar-refractivity contribution in [1.82, 2.24) is 0 Å². The second kappa shape index (κ2) is 7.27. The zero-order chi connectivity index (χ0) is 19.8. The van der Waals surface area contributed by atoms with Crippen LogP contribution in [0.15, 0.2) is 40.3 Å². The van der Waals surface area contributed by atoms with Crippen molar-refractivity contribution < 1.29 is 28.6 Å². The molecule has 2 bridgehead atoms. The highest BCUT2D eigenvalue weighted by Gasteiger charge is 2.51. The normalized spacial score (nSPS) is 25.0. The van der Waals surface area contributed by atoms with E-state index in [-0.39, 0.29) is 29.9 Å². The minimum absolute atomic E-state index is 0.0957. The van der Waals surface area contributed by atoms with Crippen LogP contribution in [0, 0.1) is 23.7 Å². The number of aliphatic carboxylic acids is 1. The van der Waals surface area contributed by atoms with Gasteiger partial charge in [0.25, 0.3) is 0 Å². The molecular formula is C20H19NO6S. The van der Waals surface area contributed by atoms with Gasteiger partial charge in [0.2, 0.25) is 5.91 Å². The highest BCUT2D eigenvalue weighted by molar-refractivity contribution is 7.15. The smallest absolute Gasteiger partial charge is 0.341 e. The monoisotopic (exact) mass is 401 g/mol. The zero-order valence-electron chi connectivity index (χ0n) is 15.1. The fourth-order valence-electron chi connectivity index (χ4n) is 4.18. The van der Waals surface area contributed by atoms with Gasteiger partial charge < -0.3 is 19.6 Å². The third kappa shape index (κ3) is 3.03. The molecule has 2 aliphatic rings. The Kier molecular flexibility index (Phi) is 4.80. The van der Waals surface area contributed by atoms with Crippen molar-refractivity contribution in [3.8, 4) is 11.3 Å². The highest BCUT2D eigenvalue weighted by Crippen LogP contribution is 2.49. The summed E-state index contributed by atoms with van der Waals surface area (Å²) in [6, 6.07) is 3.43. The van der Waals surface area contributed by atoms with Crippen LogP contribution in [0.25, 0.3) is 11.3 Å². The Balaban J connectivity index is 1.64. The summed E-state index contributed by atoms with van der Waals surface area (Å²) in [6.07, 6.45) is 5.97. The van der Waals surface area contributed by atoms with Crippen molar-refractivity contribution in [2.75, 3.05) is 11.9 Å². The lowest BCUT2D eigenvalue weighted by Gasteiger charge is -2.23. The van der Waals surface area contributed by atoms with Crippen molar-refractivity contribution in [3.05, 3.63) is 41.5 Å². The Bertz CT molecular complexity index is 944. The number of nitrogens with one attached hydrogen (secondary N) is 1. The van der Waals surface area contributed by atoms with Crippen molar-refractivity contribution >= 4 is 34.2 Å². The standard InChI is InChI=1S/C20H19NO6S/c1-2-26-20(25)16-12(13-4-3-7-27-13)9-28-18(16)21-17(22)14-10-5-6-11(8-10)15(14)19(23)24/h3-7,9-11,14-15H,2,8H2,1H3,(H,21,22)(H,23,24)/t10-,11-,14+,15-/m0/s1. The minimum Gasteiger partial charge on any atom is -0.481 e. The fraction of sp³-hybridized carbons (Fsp3) is 0.350. The van der Waals surface area contributed by atoms with Gasteiger partial charge in [-0.1, -0.05) is 12.2 Å². The first-order valence-electron chi connectivity index (χ1n) is 9.05. The molecule has 146 valence electrons. The van der Waals surface area contributed by atoms with Crippen LogP contribution in [0.1, 0.15) is 23.7 Å². The van der Waals surface area contributed by atoms with Crippen molar-refractivity contribution in [2.45, 2.75) is 13.3 Å². The number of ether oxygens (including phenoxy) is 1. The summed E-state index contributed by atoms with van der Waals surface area (Å²) in [4.78, 5) is 37.2. The SMILES string of the molecule is CCOC(=O)c1c(-c2ccco2)csc1NC(=O)[C@H]1[C@@H](C(=O)O)[C@H]2C=C[C@H]1C2.